The van der Waals surface area contributed by atoms with Crippen LogP contribution in [0.2, 0.25) is 0 Å². The summed E-state index contributed by atoms with van der Waals surface area (Å²) in [5, 5.41) is 7.03. The number of aromatic amines is 1. The highest BCUT2D eigenvalue weighted by molar-refractivity contribution is 5.82. The number of rotatable bonds is 3. The topological polar surface area (TPSA) is 66.1 Å². The normalized spacial score (nSPS) is 19.8. The van der Waals surface area contributed by atoms with Crippen LogP contribution in [-0.4, -0.2) is 21.0 Å². The molecule has 1 N–H and O–H groups in total. The molecule has 0 saturated carbocycles. The molecule has 1 aromatic heterocycles. The fourth-order valence-electron chi connectivity index (χ4n) is 4.81. The molecule has 30 heavy (non-hydrogen) atoms. The molecule has 0 bridgehead atoms. The Bertz CT molecular complexity index is 1140. The van der Waals surface area contributed by atoms with Crippen molar-refractivity contribution in [2.24, 2.45) is 5.92 Å². The predicted octanol–water partition coefficient (Wildman–Crippen LogP) is 4.01. The summed E-state index contributed by atoms with van der Waals surface area (Å²) >= 11 is 0. The van der Waals surface area contributed by atoms with Crippen LogP contribution >= 0.6 is 0 Å². The van der Waals surface area contributed by atoms with E-state index in [-0.39, 0.29) is 17.4 Å². The van der Waals surface area contributed by atoms with Crippen LogP contribution in [0.1, 0.15) is 54.1 Å². The van der Waals surface area contributed by atoms with Gasteiger partial charge in [-0.05, 0) is 54.4 Å². The molecule has 5 heteroatoms. The van der Waals surface area contributed by atoms with Gasteiger partial charge in [-0.25, -0.2) is 5.10 Å². The van der Waals surface area contributed by atoms with E-state index in [1.54, 1.807) is 0 Å². The van der Waals surface area contributed by atoms with E-state index in [0.29, 0.717) is 19.5 Å². The highest BCUT2D eigenvalue weighted by atomic mass is 16.2. The molecule has 152 valence electrons. The van der Waals surface area contributed by atoms with Gasteiger partial charge in [-0.15, -0.1) is 0 Å². The molecule has 3 aliphatic rings. The molecular weight excluding hydrogens is 374 g/mol. The number of allylic oxidation sites excluding steroid dienone is 5. The van der Waals surface area contributed by atoms with E-state index in [1.165, 1.54) is 11.1 Å². The number of fused-ring (bicyclic) bond motifs is 2. The van der Waals surface area contributed by atoms with Crippen LogP contribution in [0.5, 0.6) is 0 Å². The third-order valence-corrected chi connectivity index (χ3v) is 6.39. The minimum absolute atomic E-state index is 0.127. The molecule has 0 radical (unpaired) electrons. The van der Waals surface area contributed by atoms with Crippen molar-refractivity contribution in [1.82, 2.24) is 15.1 Å². The first-order chi connectivity index (χ1) is 14.6. The number of H-pyrrole nitrogens is 1. The van der Waals surface area contributed by atoms with Crippen molar-refractivity contribution in [3.63, 3.8) is 0 Å². The van der Waals surface area contributed by atoms with E-state index in [2.05, 4.69) is 41.4 Å². The largest absolute Gasteiger partial charge is 0.334 e. The Kier molecular flexibility index (Phi) is 4.74. The maximum atomic E-state index is 12.9. The molecule has 2 heterocycles. The second kappa shape index (κ2) is 7.56. The number of benzene rings is 1. The van der Waals surface area contributed by atoms with Crippen molar-refractivity contribution in [3.05, 3.63) is 86.4 Å². The van der Waals surface area contributed by atoms with Gasteiger partial charge < -0.3 is 4.90 Å². The highest BCUT2D eigenvalue weighted by Crippen LogP contribution is 2.34. The van der Waals surface area contributed by atoms with Crippen molar-refractivity contribution in [2.45, 2.75) is 45.7 Å². The Balaban J connectivity index is 1.31. The molecule has 5 nitrogen and oxygen atoms in total. The van der Waals surface area contributed by atoms with Crippen LogP contribution in [0.4, 0.5) is 0 Å². The van der Waals surface area contributed by atoms with Crippen LogP contribution in [0.3, 0.4) is 0 Å². The molecule has 0 spiro atoms. The van der Waals surface area contributed by atoms with Gasteiger partial charge in [0.15, 0.2) is 0 Å². The molecule has 1 aliphatic heterocycles. The first-order valence-corrected chi connectivity index (χ1v) is 10.6. The van der Waals surface area contributed by atoms with Crippen LogP contribution in [0, 0.1) is 5.92 Å². The molecule has 0 saturated heterocycles. The fraction of sp³-hybridized carbons (Fsp3) is 0.320. The van der Waals surface area contributed by atoms with Crippen molar-refractivity contribution >= 4 is 17.6 Å². The quantitative estimate of drug-likeness (QED) is 0.848. The van der Waals surface area contributed by atoms with Crippen LogP contribution < -0.4 is 5.56 Å². The number of amides is 1. The SMILES string of the molecule is CC1=CC(CC(=O)N2Cc3ccccc3C2)CC=C1c1n[nH]c(=O)c2c1CCC=C2. The van der Waals surface area contributed by atoms with Crippen LogP contribution in [-0.2, 0) is 24.3 Å². The van der Waals surface area contributed by atoms with Crippen molar-refractivity contribution in [2.75, 3.05) is 0 Å². The van der Waals surface area contributed by atoms with Crippen molar-refractivity contribution in [3.8, 4) is 0 Å². The van der Waals surface area contributed by atoms with Crippen LogP contribution in [0.15, 0.2) is 52.9 Å². The smallest absolute Gasteiger partial charge is 0.271 e. The summed E-state index contributed by atoms with van der Waals surface area (Å²) in [5.41, 5.74) is 7.23. The van der Waals surface area contributed by atoms with Crippen molar-refractivity contribution in [1.29, 1.82) is 0 Å². The molecular formula is C25H25N3O2. The minimum Gasteiger partial charge on any atom is -0.334 e. The van der Waals surface area contributed by atoms with E-state index >= 15 is 0 Å². The molecule has 1 atom stereocenters. The zero-order chi connectivity index (χ0) is 20.7. The van der Waals surface area contributed by atoms with Crippen LogP contribution in [0.25, 0.3) is 11.6 Å². The average molecular weight is 399 g/mol. The predicted molar refractivity (Wildman–Crippen MR) is 117 cm³/mol. The summed E-state index contributed by atoms with van der Waals surface area (Å²) in [7, 11) is 0. The molecule has 1 aromatic carbocycles. The number of hydrogen-bond acceptors (Lipinski definition) is 3. The number of nitrogens with zero attached hydrogens (tertiary/aromatic N) is 2. The molecule has 1 amide bonds. The Morgan fingerprint density at radius 3 is 2.73 bits per heavy atom. The van der Waals surface area contributed by atoms with Gasteiger partial charge in [0.25, 0.3) is 5.56 Å². The Hall–Kier alpha value is -3.21. The molecule has 1 unspecified atom stereocenters. The third-order valence-electron chi connectivity index (χ3n) is 6.39. The Labute approximate surface area is 175 Å². The van der Waals surface area contributed by atoms with E-state index in [1.807, 2.05) is 29.2 Å². The number of nitrogens with one attached hydrogen (secondary N) is 1. The van der Waals surface area contributed by atoms with Gasteiger partial charge in [0.2, 0.25) is 5.91 Å². The maximum Gasteiger partial charge on any atom is 0.271 e. The number of aromatic nitrogens is 2. The molecule has 5 rings (SSSR count). The number of carbonyl (C=O) groups excluding carboxylic acids is 1. The summed E-state index contributed by atoms with van der Waals surface area (Å²) in [4.78, 5) is 27.0. The number of carbonyl (C=O) groups is 1. The van der Waals surface area contributed by atoms with Gasteiger partial charge >= 0.3 is 0 Å². The second-order valence-corrected chi connectivity index (χ2v) is 8.42. The zero-order valence-electron chi connectivity index (χ0n) is 17.1. The van der Waals surface area contributed by atoms with Gasteiger partial charge in [0.05, 0.1) is 5.69 Å². The molecule has 2 aliphatic carbocycles. The van der Waals surface area contributed by atoms with Gasteiger partial charge in [-0.3, -0.25) is 9.59 Å². The fourth-order valence-corrected chi connectivity index (χ4v) is 4.81. The van der Waals surface area contributed by atoms with Gasteiger partial charge in [0, 0.05) is 30.6 Å². The van der Waals surface area contributed by atoms with Gasteiger partial charge in [-0.2, -0.15) is 5.10 Å². The van der Waals surface area contributed by atoms with Crippen molar-refractivity contribution < 1.29 is 4.79 Å². The van der Waals surface area contributed by atoms with E-state index in [9.17, 15) is 9.59 Å². The standard InChI is InChI=1S/C25H25N3O2/c1-16-12-17(13-23(29)28-14-18-6-2-3-7-19(18)15-28)10-11-20(16)24-21-8-4-5-9-22(21)25(30)27-26-24/h2-3,5-7,9,11-12,17H,4,8,10,13-15H2,1H3,(H,27,30). The highest BCUT2D eigenvalue weighted by Gasteiger charge is 2.26. The second-order valence-electron chi connectivity index (χ2n) is 8.42. The summed E-state index contributed by atoms with van der Waals surface area (Å²) in [5.74, 6) is 0.408. The molecule has 2 aromatic rings. The zero-order valence-corrected chi connectivity index (χ0v) is 17.1. The number of hydrogen-bond donors (Lipinski definition) is 1. The summed E-state index contributed by atoms with van der Waals surface area (Å²) in [6.45, 7) is 3.50. The lowest BCUT2D eigenvalue weighted by atomic mass is 9.84. The van der Waals surface area contributed by atoms with Gasteiger partial charge in [-0.1, -0.05) is 48.6 Å². The maximum absolute atomic E-state index is 12.9. The van der Waals surface area contributed by atoms with Gasteiger partial charge in [0.1, 0.15) is 0 Å². The summed E-state index contributed by atoms with van der Waals surface area (Å²) in [6, 6.07) is 8.28. The Morgan fingerprint density at radius 1 is 1.23 bits per heavy atom. The minimum atomic E-state index is -0.127. The summed E-state index contributed by atoms with van der Waals surface area (Å²) < 4.78 is 0. The lowest BCUT2D eigenvalue weighted by Crippen LogP contribution is -2.27. The van der Waals surface area contributed by atoms with E-state index < -0.39 is 0 Å². The lowest BCUT2D eigenvalue weighted by Gasteiger charge is -2.23. The van der Waals surface area contributed by atoms with E-state index in [4.69, 9.17) is 0 Å². The third kappa shape index (κ3) is 3.34. The van der Waals surface area contributed by atoms with E-state index in [0.717, 1.165) is 47.2 Å². The summed E-state index contributed by atoms with van der Waals surface area (Å²) in [6.07, 6.45) is 11.4. The monoisotopic (exact) mass is 399 g/mol. The Morgan fingerprint density at radius 2 is 2.00 bits per heavy atom. The lowest BCUT2D eigenvalue weighted by molar-refractivity contribution is -0.132. The molecule has 0 fully saturated rings. The first kappa shape index (κ1) is 18.8. The average Bonchev–Trinajstić information content (AvgIpc) is 3.20. The first-order valence-electron chi connectivity index (χ1n) is 10.6.